The second-order valence-electron chi connectivity index (χ2n) is 6.28. The molecule has 0 atom stereocenters. The molecule has 1 aliphatic heterocycles. The fourth-order valence-electron chi connectivity index (χ4n) is 2.58. The second kappa shape index (κ2) is 12.4. The Hall–Kier alpha value is -2.01. The van der Waals surface area contributed by atoms with Gasteiger partial charge in [0.15, 0.2) is 0 Å². The van der Waals surface area contributed by atoms with Crippen LogP contribution in [-0.4, -0.2) is 88.8 Å². The van der Waals surface area contributed by atoms with E-state index in [1.165, 1.54) is 0 Å². The molecule has 156 valence electrons. The number of benzene rings is 1. The van der Waals surface area contributed by atoms with E-state index in [1.807, 2.05) is 25.1 Å². The zero-order valence-corrected chi connectivity index (χ0v) is 17.3. The summed E-state index contributed by atoms with van der Waals surface area (Å²) in [5, 5.41) is 26.7. The van der Waals surface area contributed by atoms with Gasteiger partial charge in [0.05, 0.1) is 6.61 Å². The third kappa shape index (κ3) is 9.27. The van der Waals surface area contributed by atoms with Crippen molar-refractivity contribution in [3.63, 3.8) is 0 Å². The first-order valence-electron chi connectivity index (χ1n) is 8.80. The fourth-order valence-corrected chi connectivity index (χ4v) is 2.83. The monoisotopic (exact) mass is 459 g/mol. The predicted octanol–water partition coefficient (Wildman–Crippen LogP) is 0.852. The zero-order valence-electron chi connectivity index (χ0n) is 15.7. The van der Waals surface area contributed by atoms with Gasteiger partial charge in [-0.25, -0.2) is 9.59 Å². The van der Waals surface area contributed by atoms with E-state index in [0.29, 0.717) is 6.42 Å². The first-order chi connectivity index (χ1) is 13.2. The summed E-state index contributed by atoms with van der Waals surface area (Å²) in [7, 11) is 0. The SMILES string of the molecule is Cc1cc(NC(=O)CCN2CCN(CCO)CC2)ccc1Br.O=C(O)C(=O)O. The molecule has 0 radical (unpaired) electrons. The summed E-state index contributed by atoms with van der Waals surface area (Å²) in [6.45, 7) is 7.61. The van der Waals surface area contributed by atoms with E-state index in [0.717, 1.165) is 55.0 Å². The van der Waals surface area contributed by atoms with Crippen LogP contribution in [0.4, 0.5) is 5.69 Å². The van der Waals surface area contributed by atoms with Gasteiger partial charge in [-0.2, -0.15) is 0 Å². The van der Waals surface area contributed by atoms with Crippen molar-refractivity contribution in [2.75, 3.05) is 51.2 Å². The summed E-state index contributed by atoms with van der Waals surface area (Å²) in [6, 6.07) is 5.82. The van der Waals surface area contributed by atoms with Gasteiger partial charge in [0.25, 0.3) is 0 Å². The molecule has 0 unspecified atom stereocenters. The van der Waals surface area contributed by atoms with Crippen molar-refractivity contribution in [3.8, 4) is 0 Å². The number of anilines is 1. The molecule has 1 heterocycles. The van der Waals surface area contributed by atoms with Crippen molar-refractivity contribution in [1.82, 2.24) is 9.80 Å². The van der Waals surface area contributed by atoms with Crippen LogP contribution in [0.25, 0.3) is 0 Å². The van der Waals surface area contributed by atoms with E-state index in [2.05, 4.69) is 31.0 Å². The zero-order chi connectivity index (χ0) is 21.1. The summed E-state index contributed by atoms with van der Waals surface area (Å²) in [5.74, 6) is -3.59. The van der Waals surface area contributed by atoms with Crippen LogP contribution >= 0.6 is 15.9 Å². The number of β-amino-alcohol motifs (C(OH)–C–C–N with tert-alkyl or cyclic N) is 1. The van der Waals surface area contributed by atoms with Crippen LogP contribution in [0.1, 0.15) is 12.0 Å². The van der Waals surface area contributed by atoms with Crippen LogP contribution in [0.5, 0.6) is 0 Å². The lowest BCUT2D eigenvalue weighted by Crippen LogP contribution is -2.47. The lowest BCUT2D eigenvalue weighted by Gasteiger charge is -2.34. The standard InChI is InChI=1S/C16H24BrN3O2.C2H2O4/c1-13-12-14(2-3-15(13)17)18-16(22)4-5-19-6-8-20(9-7-19)10-11-21;3-1(4)2(5)6/h2-3,12,21H,4-11H2,1H3,(H,18,22);(H,3,4)(H,5,6). The van der Waals surface area contributed by atoms with Gasteiger partial charge in [-0.1, -0.05) is 15.9 Å². The number of hydrogen-bond acceptors (Lipinski definition) is 6. The molecular formula is C18H26BrN3O6. The number of piperazine rings is 1. The van der Waals surface area contributed by atoms with Gasteiger partial charge in [-0.3, -0.25) is 9.69 Å². The van der Waals surface area contributed by atoms with Gasteiger partial charge in [0, 0.05) is 55.8 Å². The number of rotatable bonds is 6. The number of nitrogens with zero attached hydrogens (tertiary/aromatic N) is 2. The van der Waals surface area contributed by atoms with Crippen LogP contribution in [-0.2, 0) is 14.4 Å². The van der Waals surface area contributed by atoms with Crippen LogP contribution in [0.3, 0.4) is 0 Å². The molecular weight excluding hydrogens is 434 g/mol. The third-order valence-electron chi connectivity index (χ3n) is 4.16. The summed E-state index contributed by atoms with van der Waals surface area (Å²) < 4.78 is 1.05. The highest BCUT2D eigenvalue weighted by molar-refractivity contribution is 9.10. The summed E-state index contributed by atoms with van der Waals surface area (Å²) in [4.78, 5) is 34.8. The Bertz CT molecular complexity index is 665. The number of halogens is 1. The van der Waals surface area contributed by atoms with Crippen molar-refractivity contribution < 1.29 is 29.7 Å². The molecule has 1 saturated heterocycles. The van der Waals surface area contributed by atoms with E-state index in [9.17, 15) is 4.79 Å². The minimum atomic E-state index is -1.82. The van der Waals surface area contributed by atoms with Crippen LogP contribution in [0, 0.1) is 6.92 Å². The van der Waals surface area contributed by atoms with Gasteiger partial charge in [-0.05, 0) is 30.7 Å². The van der Waals surface area contributed by atoms with E-state index in [4.69, 9.17) is 24.9 Å². The quantitative estimate of drug-likeness (QED) is 0.460. The molecule has 1 aromatic rings. The number of aryl methyl sites for hydroxylation is 1. The molecule has 1 fully saturated rings. The van der Waals surface area contributed by atoms with Crippen molar-refractivity contribution in [2.24, 2.45) is 0 Å². The molecule has 0 bridgehead atoms. The summed E-state index contributed by atoms with van der Waals surface area (Å²) >= 11 is 3.46. The van der Waals surface area contributed by atoms with Gasteiger partial charge < -0.3 is 25.5 Å². The summed E-state index contributed by atoms with van der Waals surface area (Å²) in [5.41, 5.74) is 1.95. The molecule has 1 aliphatic rings. The highest BCUT2D eigenvalue weighted by Crippen LogP contribution is 2.20. The number of aliphatic carboxylic acids is 2. The average molecular weight is 460 g/mol. The Morgan fingerprint density at radius 2 is 1.57 bits per heavy atom. The molecule has 0 aromatic heterocycles. The van der Waals surface area contributed by atoms with E-state index in [1.54, 1.807) is 0 Å². The minimum Gasteiger partial charge on any atom is -0.473 e. The molecule has 1 amide bonds. The number of amides is 1. The normalized spacial score (nSPS) is 14.7. The van der Waals surface area contributed by atoms with Gasteiger partial charge in [0.2, 0.25) is 5.91 Å². The van der Waals surface area contributed by atoms with Crippen molar-refractivity contribution in [3.05, 3.63) is 28.2 Å². The molecule has 9 nitrogen and oxygen atoms in total. The van der Waals surface area contributed by atoms with Crippen molar-refractivity contribution in [2.45, 2.75) is 13.3 Å². The van der Waals surface area contributed by atoms with Crippen molar-refractivity contribution in [1.29, 1.82) is 0 Å². The fraction of sp³-hybridized carbons (Fsp3) is 0.500. The number of carboxylic acids is 2. The molecule has 0 aliphatic carbocycles. The van der Waals surface area contributed by atoms with Crippen molar-refractivity contribution >= 4 is 39.5 Å². The number of carbonyl (C=O) groups is 3. The van der Waals surface area contributed by atoms with Crippen LogP contribution in [0.15, 0.2) is 22.7 Å². The molecule has 10 heteroatoms. The number of nitrogens with one attached hydrogen (secondary N) is 1. The molecule has 0 spiro atoms. The maximum atomic E-state index is 12.0. The Kier molecular flexibility index (Phi) is 10.7. The molecule has 28 heavy (non-hydrogen) atoms. The van der Waals surface area contributed by atoms with Gasteiger partial charge in [0.1, 0.15) is 0 Å². The molecule has 1 aromatic carbocycles. The topological polar surface area (TPSA) is 130 Å². The number of hydrogen-bond donors (Lipinski definition) is 4. The minimum absolute atomic E-state index is 0.0551. The van der Waals surface area contributed by atoms with Crippen LogP contribution in [0.2, 0.25) is 0 Å². The van der Waals surface area contributed by atoms with Crippen LogP contribution < -0.4 is 5.32 Å². The highest BCUT2D eigenvalue weighted by atomic mass is 79.9. The van der Waals surface area contributed by atoms with E-state index >= 15 is 0 Å². The molecule has 0 saturated carbocycles. The molecule has 2 rings (SSSR count). The first kappa shape index (κ1) is 24.0. The number of carboxylic acid groups (broad SMARTS) is 2. The number of aliphatic hydroxyl groups is 1. The highest BCUT2D eigenvalue weighted by Gasteiger charge is 2.16. The lowest BCUT2D eigenvalue weighted by molar-refractivity contribution is -0.159. The number of aliphatic hydroxyl groups excluding tert-OH is 1. The second-order valence-corrected chi connectivity index (χ2v) is 7.13. The smallest absolute Gasteiger partial charge is 0.414 e. The Morgan fingerprint density at radius 3 is 2.04 bits per heavy atom. The summed E-state index contributed by atoms with van der Waals surface area (Å²) in [6.07, 6.45) is 0.509. The van der Waals surface area contributed by atoms with E-state index in [-0.39, 0.29) is 12.5 Å². The van der Waals surface area contributed by atoms with E-state index < -0.39 is 11.9 Å². The predicted molar refractivity (Wildman–Crippen MR) is 107 cm³/mol. The maximum Gasteiger partial charge on any atom is 0.414 e. The third-order valence-corrected chi connectivity index (χ3v) is 5.05. The maximum absolute atomic E-state index is 12.0. The Balaban J connectivity index is 0.000000568. The first-order valence-corrected chi connectivity index (χ1v) is 9.60. The average Bonchev–Trinajstić information content (AvgIpc) is 2.65. The Morgan fingerprint density at radius 1 is 1.04 bits per heavy atom. The van der Waals surface area contributed by atoms with Gasteiger partial charge in [-0.15, -0.1) is 0 Å². The lowest BCUT2D eigenvalue weighted by atomic mass is 10.2. The Labute approximate surface area is 172 Å². The number of carbonyl (C=O) groups excluding carboxylic acids is 1. The van der Waals surface area contributed by atoms with Gasteiger partial charge >= 0.3 is 11.9 Å². The largest absolute Gasteiger partial charge is 0.473 e. The molecule has 4 N–H and O–H groups in total.